The second kappa shape index (κ2) is 6.39. The van der Waals surface area contributed by atoms with E-state index in [0.29, 0.717) is 5.89 Å². The molecule has 0 saturated carbocycles. The zero-order valence-corrected chi connectivity index (χ0v) is 12.3. The smallest absolute Gasteiger partial charge is 0.339 e. The van der Waals surface area contributed by atoms with Crippen molar-refractivity contribution in [3.63, 3.8) is 0 Å². The molecule has 0 radical (unpaired) electrons. The quantitative estimate of drug-likeness (QED) is 0.686. The van der Waals surface area contributed by atoms with E-state index in [1.54, 1.807) is 6.92 Å². The summed E-state index contributed by atoms with van der Waals surface area (Å²) in [7, 11) is 0. The third-order valence-electron chi connectivity index (χ3n) is 3.15. The second-order valence-corrected chi connectivity index (χ2v) is 4.87. The molecular weight excluding hydrogens is 299 g/mol. The minimum Gasteiger partial charge on any atom is -0.449 e. The molecule has 0 aliphatic carbocycles. The van der Waals surface area contributed by atoms with Crippen LogP contribution in [0.15, 0.2) is 59.0 Å². The fourth-order valence-corrected chi connectivity index (χ4v) is 1.99. The number of hydrogen-bond donors (Lipinski definition) is 0. The first-order valence-corrected chi connectivity index (χ1v) is 6.99. The highest BCUT2D eigenvalue weighted by molar-refractivity contribution is 5.89. The normalized spacial score (nSPS) is 11.9. The lowest BCUT2D eigenvalue weighted by molar-refractivity contribution is 0.0279. The SMILES string of the molecule is CC(OC(=O)c1cccc(F)c1)c1nnc(-c2ccccc2)o1. The zero-order valence-electron chi connectivity index (χ0n) is 12.3. The van der Waals surface area contributed by atoms with Crippen LogP contribution >= 0.6 is 0 Å². The number of ether oxygens (including phenoxy) is 1. The van der Waals surface area contributed by atoms with Crippen molar-refractivity contribution >= 4 is 5.97 Å². The minimum atomic E-state index is -0.740. The summed E-state index contributed by atoms with van der Waals surface area (Å²) in [5.41, 5.74) is 0.898. The van der Waals surface area contributed by atoms with Crippen molar-refractivity contribution in [2.75, 3.05) is 0 Å². The highest BCUT2D eigenvalue weighted by Crippen LogP contribution is 2.22. The predicted octanol–water partition coefficient (Wildman–Crippen LogP) is 3.79. The summed E-state index contributed by atoms with van der Waals surface area (Å²) >= 11 is 0. The van der Waals surface area contributed by atoms with Gasteiger partial charge < -0.3 is 9.15 Å². The van der Waals surface area contributed by atoms with Crippen LogP contribution in [0, 0.1) is 5.82 Å². The summed E-state index contributed by atoms with van der Waals surface area (Å²) in [5, 5.41) is 7.82. The molecule has 0 bridgehead atoms. The van der Waals surface area contributed by atoms with Crippen molar-refractivity contribution in [3.05, 3.63) is 71.9 Å². The van der Waals surface area contributed by atoms with E-state index in [-0.39, 0.29) is 11.5 Å². The number of nitrogens with zero attached hydrogens (tertiary/aromatic N) is 2. The van der Waals surface area contributed by atoms with Gasteiger partial charge in [0.05, 0.1) is 5.56 Å². The van der Waals surface area contributed by atoms with E-state index in [9.17, 15) is 9.18 Å². The molecule has 0 amide bonds. The highest BCUT2D eigenvalue weighted by Gasteiger charge is 2.20. The van der Waals surface area contributed by atoms with Crippen molar-refractivity contribution < 1.29 is 18.3 Å². The molecule has 116 valence electrons. The van der Waals surface area contributed by atoms with Gasteiger partial charge in [0.15, 0.2) is 6.10 Å². The average Bonchev–Trinajstić information content (AvgIpc) is 3.06. The van der Waals surface area contributed by atoms with Gasteiger partial charge in [0.25, 0.3) is 5.89 Å². The van der Waals surface area contributed by atoms with Gasteiger partial charge in [-0.3, -0.25) is 0 Å². The van der Waals surface area contributed by atoms with Gasteiger partial charge in [0.2, 0.25) is 5.89 Å². The third kappa shape index (κ3) is 3.42. The van der Waals surface area contributed by atoms with Crippen LogP contribution in [0.3, 0.4) is 0 Å². The monoisotopic (exact) mass is 312 g/mol. The number of esters is 1. The van der Waals surface area contributed by atoms with Gasteiger partial charge in [0.1, 0.15) is 5.82 Å². The molecule has 5 nitrogen and oxygen atoms in total. The number of carbonyl (C=O) groups excluding carboxylic acids is 1. The van der Waals surface area contributed by atoms with Gasteiger partial charge in [-0.25, -0.2) is 9.18 Å². The van der Waals surface area contributed by atoms with Crippen LogP contribution in [-0.2, 0) is 4.74 Å². The van der Waals surface area contributed by atoms with E-state index >= 15 is 0 Å². The van der Waals surface area contributed by atoms with Gasteiger partial charge in [-0.15, -0.1) is 10.2 Å². The Labute approximate surface area is 131 Å². The van der Waals surface area contributed by atoms with Crippen LogP contribution in [-0.4, -0.2) is 16.2 Å². The standard InChI is InChI=1S/C17H13FN2O3/c1-11(22-17(21)13-8-5-9-14(18)10-13)15-19-20-16(23-15)12-6-3-2-4-7-12/h2-11H,1H3. The molecule has 1 heterocycles. The summed E-state index contributed by atoms with van der Waals surface area (Å²) in [6, 6.07) is 14.5. The van der Waals surface area contributed by atoms with E-state index in [4.69, 9.17) is 9.15 Å². The molecule has 1 unspecified atom stereocenters. The molecule has 0 spiro atoms. The van der Waals surface area contributed by atoms with Crippen LogP contribution in [0.25, 0.3) is 11.5 Å². The summed E-state index contributed by atoms with van der Waals surface area (Å²) in [6.45, 7) is 1.61. The van der Waals surface area contributed by atoms with Crippen molar-refractivity contribution in [2.45, 2.75) is 13.0 Å². The Kier molecular flexibility index (Phi) is 4.14. The van der Waals surface area contributed by atoms with E-state index in [1.165, 1.54) is 18.2 Å². The van der Waals surface area contributed by atoms with Gasteiger partial charge in [0, 0.05) is 5.56 Å². The van der Waals surface area contributed by atoms with E-state index in [1.807, 2.05) is 30.3 Å². The number of aromatic nitrogens is 2. The Morgan fingerprint density at radius 1 is 1.13 bits per heavy atom. The Hall–Kier alpha value is -3.02. The molecule has 2 aromatic carbocycles. The summed E-state index contributed by atoms with van der Waals surface area (Å²) in [6.07, 6.45) is -0.740. The maximum atomic E-state index is 13.1. The lowest BCUT2D eigenvalue weighted by Gasteiger charge is -2.09. The molecule has 0 aliphatic rings. The molecule has 1 atom stereocenters. The van der Waals surface area contributed by atoms with Crippen LogP contribution in [0.2, 0.25) is 0 Å². The Bertz CT molecular complexity index is 817. The Morgan fingerprint density at radius 2 is 1.91 bits per heavy atom. The summed E-state index contributed by atoms with van der Waals surface area (Å²) in [4.78, 5) is 12.0. The molecule has 0 saturated heterocycles. The fourth-order valence-electron chi connectivity index (χ4n) is 1.99. The van der Waals surface area contributed by atoms with E-state index in [2.05, 4.69) is 10.2 Å². The largest absolute Gasteiger partial charge is 0.449 e. The van der Waals surface area contributed by atoms with Crippen molar-refractivity contribution in [2.24, 2.45) is 0 Å². The first-order chi connectivity index (χ1) is 11.1. The molecule has 3 aromatic rings. The fraction of sp³-hybridized carbons (Fsp3) is 0.118. The Morgan fingerprint density at radius 3 is 2.65 bits per heavy atom. The molecule has 1 aromatic heterocycles. The van der Waals surface area contributed by atoms with Crippen molar-refractivity contribution in [1.82, 2.24) is 10.2 Å². The summed E-state index contributed by atoms with van der Waals surface area (Å²) < 4.78 is 23.9. The maximum absolute atomic E-state index is 13.1. The molecule has 6 heteroatoms. The van der Waals surface area contributed by atoms with Crippen molar-refractivity contribution in [1.29, 1.82) is 0 Å². The lowest BCUT2D eigenvalue weighted by Crippen LogP contribution is -2.09. The number of halogens is 1. The average molecular weight is 312 g/mol. The van der Waals surface area contributed by atoms with E-state index < -0.39 is 17.9 Å². The molecule has 0 N–H and O–H groups in total. The van der Waals surface area contributed by atoms with Gasteiger partial charge in [-0.2, -0.15) is 0 Å². The van der Waals surface area contributed by atoms with Gasteiger partial charge >= 0.3 is 5.97 Å². The van der Waals surface area contributed by atoms with Crippen molar-refractivity contribution in [3.8, 4) is 11.5 Å². The number of benzene rings is 2. The zero-order chi connectivity index (χ0) is 16.2. The van der Waals surface area contributed by atoms with Crippen LogP contribution in [0.5, 0.6) is 0 Å². The lowest BCUT2D eigenvalue weighted by atomic mass is 10.2. The molecule has 3 rings (SSSR count). The topological polar surface area (TPSA) is 65.2 Å². The first-order valence-electron chi connectivity index (χ1n) is 6.99. The second-order valence-electron chi connectivity index (χ2n) is 4.87. The predicted molar refractivity (Wildman–Crippen MR) is 80.0 cm³/mol. The molecule has 23 heavy (non-hydrogen) atoms. The van der Waals surface area contributed by atoms with Gasteiger partial charge in [-0.05, 0) is 37.3 Å². The summed E-state index contributed by atoms with van der Waals surface area (Å²) in [5.74, 6) is -0.643. The number of rotatable bonds is 4. The van der Waals surface area contributed by atoms with Crippen LogP contribution in [0.4, 0.5) is 4.39 Å². The van der Waals surface area contributed by atoms with E-state index in [0.717, 1.165) is 11.6 Å². The van der Waals surface area contributed by atoms with Gasteiger partial charge in [-0.1, -0.05) is 24.3 Å². The van der Waals surface area contributed by atoms with Crippen LogP contribution < -0.4 is 0 Å². The molecule has 0 aliphatic heterocycles. The Balaban J connectivity index is 1.73. The van der Waals surface area contributed by atoms with Crippen LogP contribution in [0.1, 0.15) is 29.3 Å². The minimum absolute atomic E-state index is 0.125. The number of hydrogen-bond acceptors (Lipinski definition) is 5. The highest BCUT2D eigenvalue weighted by atomic mass is 19.1. The number of carbonyl (C=O) groups is 1. The third-order valence-corrected chi connectivity index (χ3v) is 3.15. The first kappa shape index (κ1) is 14.9. The molecule has 0 fully saturated rings. The molecular formula is C17H13FN2O3. The maximum Gasteiger partial charge on any atom is 0.339 e.